The number of thiazole rings is 1. The van der Waals surface area contributed by atoms with E-state index in [-0.39, 0.29) is 41.7 Å². The minimum atomic E-state index is -4.47. The minimum absolute atomic E-state index is 0.0269. The van der Waals surface area contributed by atoms with Gasteiger partial charge in [-0.05, 0) is 56.4 Å². The van der Waals surface area contributed by atoms with Crippen LogP contribution >= 0.6 is 11.3 Å². The highest BCUT2D eigenvalue weighted by molar-refractivity contribution is 7.15. The predicted molar refractivity (Wildman–Crippen MR) is 118 cm³/mol. The molecule has 1 saturated heterocycles. The highest BCUT2D eigenvalue weighted by atomic mass is 32.1. The smallest absolute Gasteiger partial charge is 0.417 e. The summed E-state index contributed by atoms with van der Waals surface area (Å²) in [5.41, 5.74) is 0.194. The zero-order chi connectivity index (χ0) is 24.2. The molecule has 2 bridgehead atoms. The van der Waals surface area contributed by atoms with Gasteiger partial charge < -0.3 is 9.64 Å². The van der Waals surface area contributed by atoms with Gasteiger partial charge in [0.1, 0.15) is 17.6 Å². The van der Waals surface area contributed by atoms with Gasteiger partial charge in [-0.1, -0.05) is 12.1 Å². The van der Waals surface area contributed by atoms with Crippen molar-refractivity contribution < 1.29 is 27.1 Å². The molecule has 5 rings (SSSR count). The Balaban J connectivity index is 1.39. The Bertz CT molecular complexity index is 1210. The number of piperidine rings is 1. The van der Waals surface area contributed by atoms with Crippen molar-refractivity contribution in [3.8, 4) is 16.3 Å². The van der Waals surface area contributed by atoms with Crippen LogP contribution in [0.3, 0.4) is 0 Å². The normalized spacial score (nSPS) is 24.0. The predicted octanol–water partition coefficient (Wildman–Crippen LogP) is 5.74. The molecule has 2 aromatic heterocycles. The van der Waals surface area contributed by atoms with Crippen LogP contribution in [0, 0.1) is 18.7 Å². The number of carbonyl (C=O) groups excluding carboxylic acids is 1. The second kappa shape index (κ2) is 8.33. The molecule has 1 amide bonds. The van der Waals surface area contributed by atoms with E-state index in [9.17, 15) is 22.4 Å². The molecule has 2 fully saturated rings. The third-order valence-electron chi connectivity index (χ3n) is 6.60. The Kier molecular flexibility index (Phi) is 5.58. The summed E-state index contributed by atoms with van der Waals surface area (Å²) in [6, 6.07) is 7.83. The van der Waals surface area contributed by atoms with Crippen molar-refractivity contribution in [1.82, 2.24) is 14.9 Å². The van der Waals surface area contributed by atoms with Crippen LogP contribution < -0.4 is 4.74 Å². The molecule has 2 aliphatic rings. The fourth-order valence-corrected chi connectivity index (χ4v) is 5.87. The van der Waals surface area contributed by atoms with Gasteiger partial charge in [0.15, 0.2) is 0 Å². The lowest BCUT2D eigenvalue weighted by Crippen LogP contribution is -2.51. The maximum Gasteiger partial charge on any atom is 0.417 e. The maximum absolute atomic E-state index is 13.7. The van der Waals surface area contributed by atoms with Gasteiger partial charge in [0.05, 0.1) is 21.5 Å². The van der Waals surface area contributed by atoms with E-state index < -0.39 is 11.7 Å². The lowest BCUT2D eigenvalue weighted by molar-refractivity contribution is -0.137. The third kappa shape index (κ3) is 4.04. The standard InChI is InChI=1S/C24H21F4N3O2S/c1-12-15-9-18(19(10-15)33-20-8-5-16(11-29-20)24(26,27)28)31(12)23(32)21-22(34-13(2)30-21)14-3-6-17(25)7-4-14/h3-8,11-12,15,18-19H,9-10H2,1-2H3. The summed E-state index contributed by atoms with van der Waals surface area (Å²) >= 11 is 1.37. The first-order chi connectivity index (χ1) is 16.1. The topological polar surface area (TPSA) is 55.3 Å². The van der Waals surface area contributed by atoms with Gasteiger partial charge >= 0.3 is 6.18 Å². The molecule has 1 aliphatic carbocycles. The van der Waals surface area contributed by atoms with E-state index in [2.05, 4.69) is 9.97 Å². The summed E-state index contributed by atoms with van der Waals surface area (Å²) in [5, 5.41) is 0.724. The van der Waals surface area contributed by atoms with Gasteiger partial charge in [-0.3, -0.25) is 4.79 Å². The summed E-state index contributed by atoms with van der Waals surface area (Å²) in [7, 11) is 0. The van der Waals surface area contributed by atoms with E-state index >= 15 is 0 Å². The SMILES string of the molecule is Cc1nc(C(=O)N2C(C)C3CC(Oc4ccc(C(F)(F)F)cn4)C2C3)c(-c2ccc(F)cc2)s1. The summed E-state index contributed by atoms with van der Waals surface area (Å²) < 4.78 is 57.8. The van der Waals surface area contributed by atoms with Gasteiger partial charge in [-0.2, -0.15) is 13.2 Å². The first-order valence-electron chi connectivity index (χ1n) is 10.9. The number of rotatable bonds is 4. The van der Waals surface area contributed by atoms with Crippen LogP contribution in [0.5, 0.6) is 5.88 Å². The second-order valence-corrected chi connectivity index (χ2v) is 9.91. The molecule has 34 heavy (non-hydrogen) atoms. The van der Waals surface area contributed by atoms with Crippen LogP contribution in [0.2, 0.25) is 0 Å². The fraction of sp³-hybridized carbons (Fsp3) is 0.375. The van der Waals surface area contributed by atoms with Crippen LogP contribution in [0.4, 0.5) is 17.6 Å². The van der Waals surface area contributed by atoms with Crippen molar-refractivity contribution in [1.29, 1.82) is 0 Å². The van der Waals surface area contributed by atoms with Crippen molar-refractivity contribution in [2.24, 2.45) is 5.92 Å². The van der Waals surface area contributed by atoms with E-state index in [1.54, 1.807) is 17.0 Å². The van der Waals surface area contributed by atoms with Gasteiger partial charge in [-0.15, -0.1) is 11.3 Å². The number of nitrogens with zero attached hydrogens (tertiary/aromatic N) is 3. The Labute approximate surface area is 197 Å². The zero-order valence-electron chi connectivity index (χ0n) is 18.3. The van der Waals surface area contributed by atoms with Gasteiger partial charge in [0.25, 0.3) is 5.91 Å². The van der Waals surface area contributed by atoms with Crippen LogP contribution in [0.1, 0.15) is 40.8 Å². The number of aryl methyl sites for hydroxylation is 1. The van der Waals surface area contributed by atoms with E-state index in [0.717, 1.165) is 23.7 Å². The van der Waals surface area contributed by atoms with Crippen molar-refractivity contribution in [2.45, 2.75) is 51.1 Å². The molecule has 1 saturated carbocycles. The number of alkyl halides is 3. The molecule has 0 spiro atoms. The largest absolute Gasteiger partial charge is 0.472 e. The lowest BCUT2D eigenvalue weighted by atomic mass is 9.98. The molecule has 1 aromatic carbocycles. The summed E-state index contributed by atoms with van der Waals surface area (Å²) in [5.74, 6) is -0.276. The molecule has 1 aliphatic heterocycles. The summed E-state index contributed by atoms with van der Waals surface area (Å²) in [6.45, 7) is 3.81. The number of hydrogen-bond donors (Lipinski definition) is 0. The number of aromatic nitrogens is 2. The quantitative estimate of drug-likeness (QED) is 0.437. The number of carbonyl (C=O) groups is 1. The van der Waals surface area contributed by atoms with E-state index in [4.69, 9.17) is 4.74 Å². The fourth-order valence-electron chi connectivity index (χ4n) is 4.96. The van der Waals surface area contributed by atoms with Crippen LogP contribution in [0.15, 0.2) is 42.6 Å². The Morgan fingerprint density at radius 3 is 2.50 bits per heavy atom. The van der Waals surface area contributed by atoms with E-state index in [0.29, 0.717) is 22.6 Å². The van der Waals surface area contributed by atoms with Crippen LogP contribution in [0.25, 0.3) is 10.4 Å². The molecule has 3 aromatic rings. The number of halogens is 4. The Hall–Kier alpha value is -3.01. The maximum atomic E-state index is 13.7. The molecule has 0 radical (unpaired) electrons. The summed E-state index contributed by atoms with van der Waals surface area (Å²) in [4.78, 5) is 24.4. The molecule has 4 atom stereocenters. The van der Waals surface area contributed by atoms with Crippen molar-refractivity contribution in [2.75, 3.05) is 0 Å². The van der Waals surface area contributed by atoms with Crippen LogP contribution in [-0.2, 0) is 6.18 Å². The molecule has 4 unspecified atom stereocenters. The highest BCUT2D eigenvalue weighted by Gasteiger charge is 2.53. The van der Waals surface area contributed by atoms with Crippen LogP contribution in [-0.4, -0.2) is 39.0 Å². The number of hydrogen-bond acceptors (Lipinski definition) is 5. The molecular weight excluding hydrogens is 470 g/mol. The number of pyridine rings is 1. The zero-order valence-corrected chi connectivity index (χ0v) is 19.2. The lowest BCUT2D eigenvalue weighted by Gasteiger charge is -2.37. The molecule has 178 valence electrons. The molecule has 3 heterocycles. The van der Waals surface area contributed by atoms with E-state index in [1.165, 1.54) is 29.5 Å². The number of ether oxygens (including phenoxy) is 1. The average Bonchev–Trinajstić information content (AvgIpc) is 3.46. The van der Waals surface area contributed by atoms with E-state index in [1.807, 2.05) is 13.8 Å². The number of amides is 1. The Morgan fingerprint density at radius 2 is 1.88 bits per heavy atom. The van der Waals surface area contributed by atoms with Gasteiger partial charge in [0.2, 0.25) is 5.88 Å². The summed E-state index contributed by atoms with van der Waals surface area (Å²) in [6.07, 6.45) is -2.65. The Morgan fingerprint density at radius 1 is 1.15 bits per heavy atom. The van der Waals surface area contributed by atoms with Gasteiger partial charge in [0, 0.05) is 18.3 Å². The van der Waals surface area contributed by atoms with Crippen molar-refractivity contribution >= 4 is 17.2 Å². The number of benzene rings is 1. The first-order valence-corrected chi connectivity index (χ1v) is 11.7. The van der Waals surface area contributed by atoms with Crippen molar-refractivity contribution in [3.63, 3.8) is 0 Å². The average molecular weight is 492 g/mol. The molecule has 10 heteroatoms. The number of fused-ring (bicyclic) bond motifs is 2. The molecule has 0 N–H and O–H groups in total. The third-order valence-corrected chi connectivity index (χ3v) is 7.62. The first kappa shape index (κ1) is 22.8. The monoisotopic (exact) mass is 491 g/mol. The van der Waals surface area contributed by atoms with Gasteiger partial charge in [-0.25, -0.2) is 14.4 Å². The van der Waals surface area contributed by atoms with Crippen molar-refractivity contribution in [3.05, 3.63) is 64.7 Å². The highest BCUT2D eigenvalue weighted by Crippen LogP contribution is 2.45. The minimum Gasteiger partial charge on any atom is -0.472 e. The number of likely N-dealkylation sites (tertiary alicyclic amines) is 1. The molecular formula is C24H21F4N3O2S. The molecule has 5 nitrogen and oxygen atoms in total. The second-order valence-electron chi connectivity index (χ2n) is 8.71.